The number of nitrogens with one attached hydrogen (secondary N) is 2. The Morgan fingerprint density at radius 2 is 2.06 bits per heavy atom. The first-order valence-corrected chi connectivity index (χ1v) is 11.4. The van der Waals surface area contributed by atoms with Crippen LogP contribution < -0.4 is 15.5 Å². The second kappa shape index (κ2) is 11.6. The summed E-state index contributed by atoms with van der Waals surface area (Å²) in [6, 6.07) is 5.65. The number of morpholine rings is 1. The molecule has 2 aromatic rings. The number of rotatable bonds is 9. The summed E-state index contributed by atoms with van der Waals surface area (Å²) in [4.78, 5) is 39.8. The molecule has 1 aliphatic rings. The molecule has 184 valence electrons. The van der Waals surface area contributed by atoms with E-state index >= 15 is 0 Å². The van der Waals surface area contributed by atoms with E-state index in [0.717, 1.165) is 22.3 Å². The molecule has 1 saturated heterocycles. The number of nitrogens with zero attached hydrogens (tertiary/aromatic N) is 2. The second-order valence-corrected chi connectivity index (χ2v) is 9.13. The first kappa shape index (κ1) is 25.9. The van der Waals surface area contributed by atoms with E-state index < -0.39 is 42.6 Å². The Hall–Kier alpha value is -2.67. The van der Waals surface area contributed by atoms with Gasteiger partial charge in [0.05, 0.1) is 28.1 Å². The van der Waals surface area contributed by atoms with Gasteiger partial charge in [0.2, 0.25) is 5.91 Å². The molecule has 8 nitrogen and oxygen atoms in total. The Morgan fingerprint density at radius 1 is 1.29 bits per heavy atom. The number of benzene rings is 1. The maximum atomic E-state index is 14.7. The largest absolute Gasteiger partial charge is 0.370 e. The molecule has 3 rings (SSSR count). The molecule has 1 aromatic heterocycles. The van der Waals surface area contributed by atoms with Crippen LogP contribution in [0.4, 0.5) is 24.5 Å². The third kappa shape index (κ3) is 6.69. The fourth-order valence-corrected chi connectivity index (χ4v) is 4.27. The minimum Gasteiger partial charge on any atom is -0.370 e. The Balaban J connectivity index is 1.70. The lowest BCUT2D eigenvalue weighted by Crippen LogP contribution is -2.50. The summed E-state index contributed by atoms with van der Waals surface area (Å²) in [6.45, 7) is -0.681. The fraction of sp³-hybridized carbons (Fsp3) is 0.381. The quantitative estimate of drug-likeness (QED) is 0.533. The number of halogens is 4. The summed E-state index contributed by atoms with van der Waals surface area (Å²) in [5, 5.41) is 5.02. The van der Waals surface area contributed by atoms with E-state index in [4.69, 9.17) is 16.3 Å². The van der Waals surface area contributed by atoms with Gasteiger partial charge in [0.25, 0.3) is 18.2 Å². The van der Waals surface area contributed by atoms with E-state index in [9.17, 15) is 27.6 Å². The highest BCUT2D eigenvalue weighted by molar-refractivity contribution is 7.18. The summed E-state index contributed by atoms with van der Waals surface area (Å²) in [7, 11) is 1.32. The second-order valence-electron chi connectivity index (χ2n) is 7.41. The van der Waals surface area contributed by atoms with Gasteiger partial charge in [-0.25, -0.2) is 13.2 Å². The van der Waals surface area contributed by atoms with Crippen molar-refractivity contribution >= 4 is 52.0 Å². The SMILES string of the molecule is CN(CC(F)F)[C@@H](CNC(=O)c1ccc(Cl)s1)C(=O)Nc1ccc(N2CCOCC2=O)c(F)c1. The molecule has 3 amide bonds. The van der Waals surface area contributed by atoms with Crippen molar-refractivity contribution < 1.29 is 32.3 Å². The van der Waals surface area contributed by atoms with Crippen LogP contribution in [0.3, 0.4) is 0 Å². The predicted octanol–water partition coefficient (Wildman–Crippen LogP) is 2.84. The molecule has 0 spiro atoms. The molecule has 2 heterocycles. The summed E-state index contributed by atoms with van der Waals surface area (Å²) >= 11 is 6.86. The van der Waals surface area contributed by atoms with Crippen molar-refractivity contribution in [2.24, 2.45) is 0 Å². The monoisotopic (exact) mass is 518 g/mol. The van der Waals surface area contributed by atoms with Gasteiger partial charge in [-0.2, -0.15) is 0 Å². The lowest BCUT2D eigenvalue weighted by atomic mass is 10.2. The molecule has 1 fully saturated rings. The van der Waals surface area contributed by atoms with E-state index in [1.54, 1.807) is 0 Å². The van der Waals surface area contributed by atoms with E-state index in [1.165, 1.54) is 36.2 Å². The number of likely N-dealkylation sites (N-methyl/N-ethyl adjacent to an activating group) is 1. The highest BCUT2D eigenvalue weighted by Crippen LogP contribution is 2.25. The smallest absolute Gasteiger partial charge is 0.261 e. The number of thiophene rings is 1. The number of amides is 3. The molecule has 0 unspecified atom stereocenters. The van der Waals surface area contributed by atoms with Crippen LogP contribution >= 0.6 is 22.9 Å². The van der Waals surface area contributed by atoms with Crippen molar-refractivity contribution in [1.29, 1.82) is 0 Å². The van der Waals surface area contributed by atoms with Gasteiger partial charge in [-0.1, -0.05) is 11.6 Å². The van der Waals surface area contributed by atoms with Gasteiger partial charge in [-0.15, -0.1) is 11.3 Å². The van der Waals surface area contributed by atoms with Crippen LogP contribution in [0.2, 0.25) is 4.34 Å². The van der Waals surface area contributed by atoms with Gasteiger partial charge in [-0.05, 0) is 37.4 Å². The average molecular weight is 519 g/mol. The Labute approximate surface area is 202 Å². The summed E-state index contributed by atoms with van der Waals surface area (Å²) in [5.74, 6) is -2.36. The van der Waals surface area contributed by atoms with Crippen molar-refractivity contribution in [3.05, 3.63) is 45.4 Å². The normalized spacial score (nSPS) is 15.0. The van der Waals surface area contributed by atoms with E-state index in [-0.39, 0.29) is 37.7 Å². The van der Waals surface area contributed by atoms with Crippen molar-refractivity contribution in [2.75, 3.05) is 50.1 Å². The number of hydrogen-bond acceptors (Lipinski definition) is 6. The fourth-order valence-electron chi connectivity index (χ4n) is 3.31. The highest BCUT2D eigenvalue weighted by atomic mass is 35.5. The van der Waals surface area contributed by atoms with Crippen LogP contribution in [0.5, 0.6) is 0 Å². The minimum atomic E-state index is -2.71. The number of anilines is 2. The number of hydrogen-bond donors (Lipinski definition) is 2. The lowest BCUT2D eigenvalue weighted by molar-refractivity contribution is -0.125. The molecule has 2 N–H and O–H groups in total. The van der Waals surface area contributed by atoms with Gasteiger partial charge < -0.3 is 20.3 Å². The van der Waals surface area contributed by atoms with Crippen LogP contribution in [-0.4, -0.2) is 75.0 Å². The topological polar surface area (TPSA) is 91.0 Å². The van der Waals surface area contributed by atoms with Gasteiger partial charge >= 0.3 is 0 Å². The minimum absolute atomic E-state index is 0.0412. The van der Waals surface area contributed by atoms with Crippen LogP contribution in [0.15, 0.2) is 30.3 Å². The molecule has 0 radical (unpaired) electrons. The highest BCUT2D eigenvalue weighted by Gasteiger charge is 2.27. The molecule has 1 aromatic carbocycles. The molecular formula is C21H22ClF3N4O4S. The van der Waals surface area contributed by atoms with Crippen molar-refractivity contribution in [3.63, 3.8) is 0 Å². The average Bonchev–Trinajstić information content (AvgIpc) is 3.20. The zero-order chi connectivity index (χ0) is 24.8. The molecule has 34 heavy (non-hydrogen) atoms. The van der Waals surface area contributed by atoms with Crippen LogP contribution in [-0.2, 0) is 14.3 Å². The van der Waals surface area contributed by atoms with E-state index in [0.29, 0.717) is 9.21 Å². The molecule has 13 heteroatoms. The first-order valence-electron chi connectivity index (χ1n) is 10.2. The first-order chi connectivity index (χ1) is 16.2. The van der Waals surface area contributed by atoms with Crippen LogP contribution in [0, 0.1) is 5.82 Å². The van der Waals surface area contributed by atoms with Gasteiger partial charge in [0.15, 0.2) is 0 Å². The van der Waals surface area contributed by atoms with E-state index in [2.05, 4.69) is 10.6 Å². The molecule has 1 atom stereocenters. The Kier molecular flexibility index (Phi) is 8.89. The number of carbonyl (C=O) groups excluding carboxylic acids is 3. The molecule has 0 bridgehead atoms. The Morgan fingerprint density at radius 3 is 2.68 bits per heavy atom. The molecule has 0 saturated carbocycles. The van der Waals surface area contributed by atoms with Gasteiger partial charge in [0.1, 0.15) is 18.5 Å². The van der Waals surface area contributed by atoms with E-state index in [1.807, 2.05) is 0 Å². The molecule has 1 aliphatic heterocycles. The lowest BCUT2D eigenvalue weighted by Gasteiger charge is -2.28. The summed E-state index contributed by atoms with van der Waals surface area (Å²) in [5.41, 5.74) is 0.110. The maximum Gasteiger partial charge on any atom is 0.261 e. The zero-order valence-corrected chi connectivity index (χ0v) is 19.6. The maximum absolute atomic E-state index is 14.7. The van der Waals surface area contributed by atoms with Gasteiger partial charge in [0, 0.05) is 18.8 Å². The van der Waals surface area contributed by atoms with Crippen LogP contribution in [0.1, 0.15) is 9.67 Å². The Bertz CT molecular complexity index is 1050. The molecule has 0 aliphatic carbocycles. The van der Waals surface area contributed by atoms with Crippen molar-refractivity contribution in [3.8, 4) is 0 Å². The summed E-state index contributed by atoms with van der Waals surface area (Å²) < 4.78 is 46.0. The third-order valence-corrected chi connectivity index (χ3v) is 6.24. The number of ether oxygens (including phenoxy) is 1. The van der Waals surface area contributed by atoms with Gasteiger partial charge in [-0.3, -0.25) is 19.3 Å². The number of carbonyl (C=O) groups is 3. The standard InChI is InChI=1S/C21H22ClF3N4O4S/c1-28(10-18(24)25)15(9-26-21(32)16-4-5-17(22)34-16)20(31)27-12-2-3-14(13(23)8-12)29-6-7-33-11-19(29)30/h2-5,8,15,18H,6-7,9-11H2,1H3,(H,26,32)(H,27,31)/t15-/m0/s1. The van der Waals surface area contributed by atoms with Crippen molar-refractivity contribution in [1.82, 2.24) is 10.2 Å². The van der Waals surface area contributed by atoms with Crippen LogP contribution in [0.25, 0.3) is 0 Å². The number of alkyl halides is 2. The zero-order valence-electron chi connectivity index (χ0n) is 18.0. The predicted molar refractivity (Wildman–Crippen MR) is 122 cm³/mol. The summed E-state index contributed by atoms with van der Waals surface area (Å²) in [6.07, 6.45) is -2.71. The van der Waals surface area contributed by atoms with Crippen molar-refractivity contribution in [2.45, 2.75) is 12.5 Å². The third-order valence-electron chi connectivity index (χ3n) is 5.01. The molecular weight excluding hydrogens is 497 g/mol.